The van der Waals surface area contributed by atoms with E-state index < -0.39 is 11.7 Å². The van der Waals surface area contributed by atoms with Crippen LogP contribution in [-0.4, -0.2) is 4.98 Å². The molecule has 0 spiro atoms. The average Bonchev–Trinajstić information content (AvgIpc) is 2.82. The highest BCUT2D eigenvalue weighted by molar-refractivity contribution is 7.09. The lowest BCUT2D eigenvalue weighted by atomic mass is 10.1. The molecule has 2 rings (SSSR count). The van der Waals surface area contributed by atoms with Crippen LogP contribution in [0.15, 0.2) is 36.0 Å². The predicted molar refractivity (Wildman–Crippen MR) is 64.1 cm³/mol. The fourth-order valence-electron chi connectivity index (χ4n) is 1.47. The van der Waals surface area contributed by atoms with Gasteiger partial charge in [0.1, 0.15) is 0 Å². The summed E-state index contributed by atoms with van der Waals surface area (Å²) in [5.74, 6) is 0. The van der Waals surface area contributed by atoms with Crippen molar-refractivity contribution in [3.63, 3.8) is 0 Å². The van der Waals surface area contributed by atoms with Crippen LogP contribution in [0.5, 0.6) is 0 Å². The van der Waals surface area contributed by atoms with E-state index in [-0.39, 0.29) is 0 Å². The Kier molecular flexibility index (Phi) is 3.98. The molecular formula is C12H11F3N2S. The lowest BCUT2D eigenvalue weighted by molar-refractivity contribution is -0.137. The van der Waals surface area contributed by atoms with E-state index in [0.717, 1.165) is 22.6 Å². The molecule has 2 nitrogen and oxygen atoms in total. The minimum Gasteiger partial charge on any atom is -0.308 e. The van der Waals surface area contributed by atoms with Crippen molar-refractivity contribution in [1.29, 1.82) is 0 Å². The molecule has 1 aromatic carbocycles. The Labute approximate surface area is 106 Å². The number of aromatic nitrogens is 1. The first-order chi connectivity index (χ1) is 8.55. The number of nitrogens with one attached hydrogen (secondary N) is 1. The Bertz CT molecular complexity index is 477. The molecule has 0 saturated heterocycles. The molecule has 6 heteroatoms. The number of hydrogen-bond acceptors (Lipinski definition) is 3. The summed E-state index contributed by atoms with van der Waals surface area (Å²) in [6.07, 6.45) is -2.50. The van der Waals surface area contributed by atoms with Gasteiger partial charge in [0.05, 0.1) is 11.1 Å². The van der Waals surface area contributed by atoms with Crippen molar-refractivity contribution in [2.75, 3.05) is 0 Å². The number of halogens is 3. The largest absolute Gasteiger partial charge is 0.416 e. The Morgan fingerprint density at radius 1 is 1.11 bits per heavy atom. The third kappa shape index (κ3) is 3.54. The van der Waals surface area contributed by atoms with Gasteiger partial charge in [0.15, 0.2) is 0 Å². The van der Waals surface area contributed by atoms with E-state index in [0.29, 0.717) is 13.1 Å². The van der Waals surface area contributed by atoms with Crippen molar-refractivity contribution >= 4 is 11.3 Å². The smallest absolute Gasteiger partial charge is 0.308 e. The molecule has 0 atom stereocenters. The zero-order chi connectivity index (χ0) is 13.0. The summed E-state index contributed by atoms with van der Waals surface area (Å²) < 4.78 is 37.0. The molecular weight excluding hydrogens is 261 g/mol. The highest BCUT2D eigenvalue weighted by Crippen LogP contribution is 2.29. The predicted octanol–water partition coefficient (Wildman–Crippen LogP) is 3.45. The molecule has 0 radical (unpaired) electrons. The number of hydrogen-bond donors (Lipinski definition) is 1. The van der Waals surface area contributed by atoms with E-state index in [9.17, 15) is 13.2 Å². The fourth-order valence-corrected chi connectivity index (χ4v) is 2.04. The molecule has 0 saturated carbocycles. The topological polar surface area (TPSA) is 24.9 Å². The van der Waals surface area contributed by atoms with Crippen molar-refractivity contribution in [3.05, 3.63) is 52.0 Å². The van der Waals surface area contributed by atoms with Gasteiger partial charge in [-0.05, 0) is 17.7 Å². The van der Waals surface area contributed by atoms with Gasteiger partial charge in [0.25, 0.3) is 0 Å². The van der Waals surface area contributed by atoms with Crippen LogP contribution in [0.2, 0.25) is 0 Å². The van der Waals surface area contributed by atoms with Gasteiger partial charge in [0, 0.05) is 24.2 Å². The maximum atomic E-state index is 12.3. The summed E-state index contributed by atoms with van der Waals surface area (Å²) in [6, 6.07) is 5.18. The van der Waals surface area contributed by atoms with Gasteiger partial charge >= 0.3 is 6.18 Å². The molecule has 0 bridgehead atoms. The van der Waals surface area contributed by atoms with E-state index in [2.05, 4.69) is 10.3 Å². The first-order valence-corrected chi connectivity index (χ1v) is 6.18. The second-order valence-corrected chi connectivity index (χ2v) is 4.74. The average molecular weight is 272 g/mol. The maximum Gasteiger partial charge on any atom is 0.416 e. The number of alkyl halides is 3. The monoisotopic (exact) mass is 272 g/mol. The number of benzene rings is 1. The molecule has 0 unspecified atom stereocenters. The van der Waals surface area contributed by atoms with Gasteiger partial charge < -0.3 is 5.32 Å². The lowest BCUT2D eigenvalue weighted by Crippen LogP contribution is -2.12. The molecule has 96 valence electrons. The molecule has 18 heavy (non-hydrogen) atoms. The summed E-state index contributed by atoms with van der Waals surface area (Å²) in [6.45, 7) is 1.21. The summed E-state index contributed by atoms with van der Waals surface area (Å²) in [7, 11) is 0. The third-order valence-electron chi connectivity index (χ3n) is 2.39. The first kappa shape index (κ1) is 13.0. The van der Waals surface area contributed by atoms with Crippen molar-refractivity contribution in [3.8, 4) is 0 Å². The maximum absolute atomic E-state index is 12.3. The molecule has 0 fully saturated rings. The number of thiazole rings is 1. The normalized spacial score (nSPS) is 11.7. The molecule has 0 aliphatic heterocycles. The minimum atomic E-state index is -4.27. The van der Waals surface area contributed by atoms with Crippen molar-refractivity contribution in [2.24, 2.45) is 0 Å². The van der Waals surface area contributed by atoms with Crippen molar-refractivity contribution < 1.29 is 13.2 Å². The summed E-state index contributed by atoms with van der Waals surface area (Å²) in [5.41, 5.74) is 1.95. The summed E-state index contributed by atoms with van der Waals surface area (Å²) in [5, 5.41) is 3.15. The van der Waals surface area contributed by atoms with E-state index in [1.54, 1.807) is 23.0 Å². The van der Waals surface area contributed by atoms with Gasteiger partial charge in [0.2, 0.25) is 0 Å². The number of nitrogens with zero attached hydrogens (tertiary/aromatic N) is 1. The molecule has 2 aromatic rings. The van der Waals surface area contributed by atoms with E-state index in [1.165, 1.54) is 12.1 Å². The Hall–Kier alpha value is -1.40. The van der Waals surface area contributed by atoms with E-state index >= 15 is 0 Å². The second kappa shape index (κ2) is 5.49. The Morgan fingerprint density at radius 2 is 1.83 bits per heavy atom. The van der Waals surface area contributed by atoms with E-state index in [1.807, 2.05) is 0 Å². The molecule has 1 heterocycles. The van der Waals surface area contributed by atoms with Crippen molar-refractivity contribution in [2.45, 2.75) is 19.3 Å². The molecule has 1 aromatic heterocycles. The van der Waals surface area contributed by atoms with Crippen molar-refractivity contribution in [1.82, 2.24) is 10.3 Å². The van der Waals surface area contributed by atoms with Gasteiger partial charge in [-0.1, -0.05) is 12.1 Å². The van der Waals surface area contributed by atoms with Crippen LogP contribution in [0, 0.1) is 0 Å². The second-order valence-electron chi connectivity index (χ2n) is 3.77. The molecule has 1 N–H and O–H groups in total. The van der Waals surface area contributed by atoms with Gasteiger partial charge in [-0.25, -0.2) is 0 Å². The number of rotatable bonds is 4. The van der Waals surface area contributed by atoms with Crippen LogP contribution >= 0.6 is 11.3 Å². The fraction of sp³-hybridized carbons (Fsp3) is 0.250. The molecule has 0 aliphatic carbocycles. The summed E-state index contributed by atoms with van der Waals surface area (Å²) >= 11 is 1.54. The third-order valence-corrected chi connectivity index (χ3v) is 3.17. The zero-order valence-corrected chi connectivity index (χ0v) is 10.2. The van der Waals surface area contributed by atoms with Crippen LogP contribution in [-0.2, 0) is 19.3 Å². The van der Waals surface area contributed by atoms with Gasteiger partial charge in [-0.2, -0.15) is 13.2 Å². The SMILES string of the molecule is FC(F)(F)c1ccc(CNCc2cncs2)cc1. The Balaban J connectivity index is 1.87. The van der Waals surface area contributed by atoms with E-state index in [4.69, 9.17) is 0 Å². The highest BCUT2D eigenvalue weighted by Gasteiger charge is 2.29. The quantitative estimate of drug-likeness (QED) is 0.922. The summed E-state index contributed by atoms with van der Waals surface area (Å²) in [4.78, 5) is 5.04. The molecule has 0 amide bonds. The van der Waals surface area contributed by atoms with Crippen LogP contribution in [0.25, 0.3) is 0 Å². The van der Waals surface area contributed by atoms with Crippen LogP contribution in [0.3, 0.4) is 0 Å². The standard InChI is InChI=1S/C12H11F3N2S/c13-12(14,15)10-3-1-9(2-4-10)5-16-6-11-7-17-8-18-11/h1-4,7-8,16H,5-6H2. The minimum absolute atomic E-state index is 0.538. The highest BCUT2D eigenvalue weighted by atomic mass is 32.1. The van der Waals surface area contributed by atoms with Gasteiger partial charge in [-0.15, -0.1) is 11.3 Å². The van der Waals surface area contributed by atoms with Gasteiger partial charge in [-0.3, -0.25) is 4.98 Å². The van der Waals surface area contributed by atoms with Crippen LogP contribution in [0.1, 0.15) is 16.0 Å². The van der Waals surface area contributed by atoms with Crippen LogP contribution in [0.4, 0.5) is 13.2 Å². The Morgan fingerprint density at radius 3 is 2.39 bits per heavy atom. The van der Waals surface area contributed by atoms with Crippen LogP contribution < -0.4 is 5.32 Å². The lowest BCUT2D eigenvalue weighted by Gasteiger charge is -2.08. The first-order valence-electron chi connectivity index (χ1n) is 5.30. The molecule has 0 aliphatic rings. The zero-order valence-electron chi connectivity index (χ0n) is 9.37.